The molecule has 0 fully saturated rings. The molecule has 2 rings (SSSR count). The summed E-state index contributed by atoms with van der Waals surface area (Å²) < 4.78 is 6.29. The van der Waals surface area contributed by atoms with E-state index >= 15 is 0 Å². The standard InChI is InChI=1S/C17H18BrNO2/c1-19(11-13-7-9-14(18)10-8-13)12-16(20)15-5-3-4-6-17(15)21-2/h3-10H,11-12H2,1-2H3. The molecular formula is C17H18BrNO2. The molecule has 0 aliphatic rings. The lowest BCUT2D eigenvalue weighted by Crippen LogP contribution is -2.25. The second kappa shape index (κ2) is 7.38. The Kier molecular flexibility index (Phi) is 5.53. The minimum atomic E-state index is 0.0621. The van der Waals surface area contributed by atoms with E-state index in [0.29, 0.717) is 17.9 Å². The van der Waals surface area contributed by atoms with Gasteiger partial charge in [0.25, 0.3) is 0 Å². The second-order valence-corrected chi connectivity index (χ2v) is 5.84. The van der Waals surface area contributed by atoms with Gasteiger partial charge in [-0.2, -0.15) is 0 Å². The highest BCUT2D eigenvalue weighted by atomic mass is 79.9. The number of hydrogen-bond acceptors (Lipinski definition) is 3. The van der Waals surface area contributed by atoms with Gasteiger partial charge < -0.3 is 4.74 Å². The maximum atomic E-state index is 12.3. The summed E-state index contributed by atoms with van der Waals surface area (Å²) in [4.78, 5) is 14.3. The van der Waals surface area contributed by atoms with Gasteiger partial charge in [-0.25, -0.2) is 0 Å². The summed E-state index contributed by atoms with van der Waals surface area (Å²) in [6.07, 6.45) is 0. The predicted molar refractivity (Wildman–Crippen MR) is 87.8 cm³/mol. The summed E-state index contributed by atoms with van der Waals surface area (Å²) in [6.45, 7) is 1.09. The zero-order chi connectivity index (χ0) is 15.2. The molecule has 0 aliphatic heterocycles. The van der Waals surface area contributed by atoms with Gasteiger partial charge >= 0.3 is 0 Å². The van der Waals surface area contributed by atoms with Crippen LogP contribution in [0.3, 0.4) is 0 Å². The molecule has 0 aliphatic carbocycles. The summed E-state index contributed by atoms with van der Waals surface area (Å²) in [6, 6.07) is 15.4. The zero-order valence-corrected chi connectivity index (χ0v) is 13.8. The lowest BCUT2D eigenvalue weighted by Gasteiger charge is -2.16. The number of likely N-dealkylation sites (N-methyl/N-ethyl adjacent to an activating group) is 1. The number of hydrogen-bond donors (Lipinski definition) is 0. The van der Waals surface area contributed by atoms with Gasteiger partial charge in [0.15, 0.2) is 5.78 Å². The van der Waals surface area contributed by atoms with Crippen LogP contribution in [0.5, 0.6) is 5.75 Å². The van der Waals surface area contributed by atoms with Crippen LogP contribution in [0.2, 0.25) is 0 Å². The van der Waals surface area contributed by atoms with E-state index in [9.17, 15) is 4.79 Å². The number of benzene rings is 2. The third kappa shape index (κ3) is 4.41. The van der Waals surface area contributed by atoms with Gasteiger partial charge in [-0.05, 0) is 36.9 Å². The Labute approximate surface area is 133 Å². The van der Waals surface area contributed by atoms with Gasteiger partial charge in [0.2, 0.25) is 0 Å². The largest absolute Gasteiger partial charge is 0.496 e. The summed E-state index contributed by atoms with van der Waals surface area (Å²) in [7, 11) is 3.52. The lowest BCUT2D eigenvalue weighted by molar-refractivity contribution is 0.0940. The van der Waals surface area contributed by atoms with Crippen LogP contribution < -0.4 is 4.74 Å². The Morgan fingerprint density at radius 3 is 2.48 bits per heavy atom. The van der Waals surface area contributed by atoms with E-state index in [0.717, 1.165) is 11.0 Å². The van der Waals surface area contributed by atoms with Crippen LogP contribution in [0.15, 0.2) is 53.0 Å². The molecule has 0 spiro atoms. The number of methoxy groups -OCH3 is 1. The number of para-hydroxylation sites is 1. The summed E-state index contributed by atoms with van der Waals surface area (Å²) in [5.41, 5.74) is 1.80. The van der Waals surface area contributed by atoms with Crippen molar-refractivity contribution in [3.05, 3.63) is 64.1 Å². The van der Waals surface area contributed by atoms with E-state index in [-0.39, 0.29) is 5.78 Å². The summed E-state index contributed by atoms with van der Waals surface area (Å²) in [5, 5.41) is 0. The third-order valence-electron chi connectivity index (χ3n) is 3.19. The first-order valence-electron chi connectivity index (χ1n) is 6.69. The van der Waals surface area contributed by atoms with Crippen molar-refractivity contribution in [2.75, 3.05) is 20.7 Å². The van der Waals surface area contributed by atoms with Crippen molar-refractivity contribution in [1.82, 2.24) is 4.90 Å². The molecule has 0 aromatic heterocycles. The van der Waals surface area contributed by atoms with Crippen molar-refractivity contribution >= 4 is 21.7 Å². The fourth-order valence-corrected chi connectivity index (χ4v) is 2.43. The second-order valence-electron chi connectivity index (χ2n) is 4.92. The molecule has 0 atom stereocenters. The molecule has 0 bridgehead atoms. The van der Waals surface area contributed by atoms with Crippen LogP contribution in [0.25, 0.3) is 0 Å². The number of carbonyl (C=O) groups is 1. The van der Waals surface area contributed by atoms with Crippen molar-refractivity contribution in [2.24, 2.45) is 0 Å². The molecule has 0 amide bonds. The number of nitrogens with zero attached hydrogens (tertiary/aromatic N) is 1. The highest BCUT2D eigenvalue weighted by molar-refractivity contribution is 9.10. The lowest BCUT2D eigenvalue weighted by atomic mass is 10.1. The average molecular weight is 348 g/mol. The van der Waals surface area contributed by atoms with Crippen molar-refractivity contribution in [3.8, 4) is 5.75 Å². The summed E-state index contributed by atoms with van der Waals surface area (Å²) >= 11 is 3.42. The van der Waals surface area contributed by atoms with E-state index in [4.69, 9.17) is 4.74 Å². The molecule has 3 nitrogen and oxygen atoms in total. The topological polar surface area (TPSA) is 29.5 Å². The Hall–Kier alpha value is -1.65. The van der Waals surface area contributed by atoms with Crippen molar-refractivity contribution in [2.45, 2.75) is 6.54 Å². The Morgan fingerprint density at radius 1 is 1.14 bits per heavy atom. The smallest absolute Gasteiger partial charge is 0.180 e. The van der Waals surface area contributed by atoms with Crippen LogP contribution in [-0.2, 0) is 6.54 Å². The van der Waals surface area contributed by atoms with Crippen molar-refractivity contribution in [1.29, 1.82) is 0 Å². The maximum Gasteiger partial charge on any atom is 0.180 e. The highest BCUT2D eigenvalue weighted by Crippen LogP contribution is 2.18. The van der Waals surface area contributed by atoms with Gasteiger partial charge in [-0.1, -0.05) is 40.2 Å². The SMILES string of the molecule is COc1ccccc1C(=O)CN(C)Cc1ccc(Br)cc1. The van der Waals surface area contributed by atoms with Crippen LogP contribution in [-0.4, -0.2) is 31.4 Å². The van der Waals surface area contributed by atoms with E-state index in [2.05, 4.69) is 15.9 Å². The third-order valence-corrected chi connectivity index (χ3v) is 3.72. The normalized spacial score (nSPS) is 10.7. The van der Waals surface area contributed by atoms with Crippen molar-refractivity contribution < 1.29 is 9.53 Å². The number of rotatable bonds is 6. The molecule has 110 valence electrons. The minimum absolute atomic E-state index is 0.0621. The Bertz CT molecular complexity index is 610. The molecule has 0 unspecified atom stereocenters. The quantitative estimate of drug-likeness (QED) is 0.745. The maximum absolute atomic E-state index is 12.3. The first-order valence-corrected chi connectivity index (χ1v) is 7.48. The fourth-order valence-electron chi connectivity index (χ4n) is 2.16. The number of halogens is 1. The van der Waals surface area contributed by atoms with Gasteiger partial charge in [-0.15, -0.1) is 0 Å². The molecular weight excluding hydrogens is 330 g/mol. The van der Waals surface area contributed by atoms with Crippen LogP contribution >= 0.6 is 15.9 Å². The summed E-state index contributed by atoms with van der Waals surface area (Å²) in [5.74, 6) is 0.687. The number of Topliss-reactive ketones (excluding diaryl/α,β-unsaturated/α-hetero) is 1. The molecule has 2 aromatic rings. The number of ketones is 1. The van der Waals surface area contributed by atoms with Gasteiger partial charge in [0, 0.05) is 11.0 Å². The first kappa shape index (κ1) is 15.7. The van der Waals surface area contributed by atoms with Crippen LogP contribution in [0.1, 0.15) is 15.9 Å². The van der Waals surface area contributed by atoms with Gasteiger partial charge in [-0.3, -0.25) is 9.69 Å². The highest BCUT2D eigenvalue weighted by Gasteiger charge is 2.13. The van der Waals surface area contributed by atoms with Crippen LogP contribution in [0.4, 0.5) is 0 Å². The minimum Gasteiger partial charge on any atom is -0.496 e. The molecule has 2 aromatic carbocycles. The molecule has 0 saturated heterocycles. The van der Waals surface area contributed by atoms with E-state index in [1.807, 2.05) is 54.4 Å². The molecule has 0 heterocycles. The Balaban J connectivity index is 2.00. The zero-order valence-electron chi connectivity index (χ0n) is 12.2. The van der Waals surface area contributed by atoms with E-state index in [1.165, 1.54) is 5.56 Å². The molecule has 21 heavy (non-hydrogen) atoms. The first-order chi connectivity index (χ1) is 10.1. The van der Waals surface area contributed by atoms with Crippen LogP contribution in [0, 0.1) is 0 Å². The molecule has 0 saturated carbocycles. The van der Waals surface area contributed by atoms with E-state index in [1.54, 1.807) is 13.2 Å². The molecule has 4 heteroatoms. The monoisotopic (exact) mass is 347 g/mol. The van der Waals surface area contributed by atoms with Gasteiger partial charge in [0.1, 0.15) is 5.75 Å². The van der Waals surface area contributed by atoms with E-state index < -0.39 is 0 Å². The fraction of sp³-hybridized carbons (Fsp3) is 0.235. The van der Waals surface area contributed by atoms with Crippen molar-refractivity contribution in [3.63, 3.8) is 0 Å². The Morgan fingerprint density at radius 2 is 1.81 bits per heavy atom. The predicted octanol–water partition coefficient (Wildman–Crippen LogP) is 3.77. The number of ether oxygens (including phenoxy) is 1. The average Bonchev–Trinajstić information content (AvgIpc) is 2.49. The molecule has 0 N–H and O–H groups in total. The van der Waals surface area contributed by atoms with Gasteiger partial charge in [0.05, 0.1) is 19.2 Å². The number of carbonyl (C=O) groups excluding carboxylic acids is 1. The molecule has 0 radical (unpaired) electrons.